The Morgan fingerprint density at radius 1 is 1.75 bits per heavy atom. The number of morpholine rings is 1. The molecule has 1 saturated heterocycles. The van der Waals surface area contributed by atoms with Crippen LogP contribution in [0.2, 0.25) is 0 Å². The minimum Gasteiger partial charge on any atom is -0.370 e. The van der Waals surface area contributed by atoms with Gasteiger partial charge in [-0.15, -0.1) is 22.9 Å². The first kappa shape index (κ1) is 11.8. The number of hydrogen-bond acceptors (Lipinski definition) is 4. The molecule has 1 fully saturated rings. The monoisotopic (exact) mass is 260 g/mol. The number of alkyl halides is 1. The second-order valence-electron chi connectivity index (χ2n) is 3.80. The molecule has 2 atom stereocenters. The van der Waals surface area contributed by atoms with Gasteiger partial charge in [-0.1, -0.05) is 0 Å². The first-order chi connectivity index (χ1) is 7.70. The quantitative estimate of drug-likeness (QED) is 0.759. The van der Waals surface area contributed by atoms with Crippen molar-refractivity contribution in [2.45, 2.75) is 19.1 Å². The lowest BCUT2D eigenvalue weighted by atomic mass is 10.2. The summed E-state index contributed by atoms with van der Waals surface area (Å²) in [4.78, 5) is 18.4. The van der Waals surface area contributed by atoms with Crippen LogP contribution in [0.4, 0.5) is 0 Å². The van der Waals surface area contributed by atoms with Crippen molar-refractivity contribution in [2.24, 2.45) is 0 Å². The topological polar surface area (TPSA) is 42.4 Å². The van der Waals surface area contributed by atoms with Crippen LogP contribution in [0.5, 0.6) is 0 Å². The maximum atomic E-state index is 12.1. The third-order valence-electron chi connectivity index (χ3n) is 2.43. The van der Waals surface area contributed by atoms with Crippen molar-refractivity contribution in [2.75, 3.05) is 19.0 Å². The fourth-order valence-electron chi connectivity index (χ4n) is 1.77. The molecule has 0 bridgehead atoms. The molecule has 0 aliphatic carbocycles. The van der Waals surface area contributed by atoms with Gasteiger partial charge in [-0.25, -0.2) is 0 Å². The predicted octanol–water partition coefficient (Wildman–Crippen LogP) is 1.61. The average molecular weight is 261 g/mol. The van der Waals surface area contributed by atoms with E-state index >= 15 is 0 Å². The minimum atomic E-state index is -0.0673. The first-order valence-corrected chi connectivity index (χ1v) is 6.51. The standard InChI is InChI=1S/C10H13ClN2O2S/c1-7-4-13(5-8(2-11)15-7)10(14)9-3-12-6-16-9/h3,6-8H,2,4-5H2,1H3. The number of amides is 1. The van der Waals surface area contributed by atoms with Crippen LogP contribution in [0.1, 0.15) is 16.6 Å². The van der Waals surface area contributed by atoms with Crippen molar-refractivity contribution in [1.82, 2.24) is 9.88 Å². The normalized spacial score (nSPS) is 25.8. The molecule has 1 amide bonds. The zero-order valence-electron chi connectivity index (χ0n) is 8.93. The van der Waals surface area contributed by atoms with Gasteiger partial charge in [0.05, 0.1) is 29.8 Å². The molecule has 88 valence electrons. The van der Waals surface area contributed by atoms with Crippen molar-refractivity contribution < 1.29 is 9.53 Å². The number of ether oxygens (including phenoxy) is 1. The molecule has 1 aromatic heterocycles. The second kappa shape index (κ2) is 5.12. The molecular formula is C10H13ClN2O2S. The largest absolute Gasteiger partial charge is 0.370 e. The van der Waals surface area contributed by atoms with Crippen LogP contribution in [-0.4, -0.2) is 47.0 Å². The molecule has 16 heavy (non-hydrogen) atoms. The fraction of sp³-hybridized carbons (Fsp3) is 0.600. The van der Waals surface area contributed by atoms with E-state index in [9.17, 15) is 4.79 Å². The average Bonchev–Trinajstić information content (AvgIpc) is 2.80. The number of nitrogens with zero attached hydrogens (tertiary/aromatic N) is 2. The van der Waals surface area contributed by atoms with Crippen LogP contribution in [0.15, 0.2) is 11.7 Å². The summed E-state index contributed by atoms with van der Waals surface area (Å²) in [5.74, 6) is 0.435. The molecule has 1 aromatic rings. The number of carbonyl (C=O) groups excluding carboxylic acids is 1. The lowest BCUT2D eigenvalue weighted by Crippen LogP contribution is -2.49. The Morgan fingerprint density at radius 3 is 3.19 bits per heavy atom. The van der Waals surface area contributed by atoms with Crippen molar-refractivity contribution in [3.63, 3.8) is 0 Å². The van der Waals surface area contributed by atoms with E-state index in [2.05, 4.69) is 4.98 Å². The van der Waals surface area contributed by atoms with E-state index in [1.54, 1.807) is 16.6 Å². The zero-order valence-corrected chi connectivity index (χ0v) is 10.5. The van der Waals surface area contributed by atoms with Crippen molar-refractivity contribution in [3.8, 4) is 0 Å². The Kier molecular flexibility index (Phi) is 3.78. The molecule has 0 radical (unpaired) electrons. The zero-order chi connectivity index (χ0) is 11.5. The van der Waals surface area contributed by atoms with Gasteiger partial charge >= 0.3 is 0 Å². The molecule has 0 spiro atoms. The van der Waals surface area contributed by atoms with Crippen molar-refractivity contribution in [1.29, 1.82) is 0 Å². The van der Waals surface area contributed by atoms with E-state index in [0.717, 1.165) is 0 Å². The van der Waals surface area contributed by atoms with Gasteiger partial charge in [-0.3, -0.25) is 9.78 Å². The molecular weight excluding hydrogens is 248 g/mol. The molecule has 4 nitrogen and oxygen atoms in total. The number of aromatic nitrogens is 1. The SMILES string of the molecule is CC1CN(C(=O)c2cncs2)CC(CCl)O1. The lowest BCUT2D eigenvalue weighted by Gasteiger charge is -2.35. The number of halogens is 1. The number of thiazole rings is 1. The Labute approximate surface area is 103 Å². The highest BCUT2D eigenvalue weighted by molar-refractivity contribution is 7.11. The summed E-state index contributed by atoms with van der Waals surface area (Å²) in [6, 6.07) is 0. The summed E-state index contributed by atoms with van der Waals surface area (Å²) in [5, 5.41) is 0. The van der Waals surface area contributed by atoms with Gasteiger partial charge in [-0.05, 0) is 6.92 Å². The molecule has 0 N–H and O–H groups in total. The third-order valence-corrected chi connectivity index (χ3v) is 3.53. The molecule has 1 aliphatic rings. The van der Waals surface area contributed by atoms with E-state index < -0.39 is 0 Å². The fourth-order valence-corrected chi connectivity index (χ4v) is 2.53. The Hall–Kier alpha value is -0.650. The van der Waals surface area contributed by atoms with Crippen molar-refractivity contribution in [3.05, 3.63) is 16.6 Å². The van der Waals surface area contributed by atoms with Crippen LogP contribution in [-0.2, 0) is 4.74 Å². The van der Waals surface area contributed by atoms with Gasteiger partial charge in [-0.2, -0.15) is 0 Å². The smallest absolute Gasteiger partial charge is 0.265 e. The highest BCUT2D eigenvalue weighted by Gasteiger charge is 2.28. The Bertz CT molecular complexity index is 358. The summed E-state index contributed by atoms with van der Waals surface area (Å²) >= 11 is 7.13. The molecule has 2 heterocycles. The van der Waals surface area contributed by atoms with E-state index in [-0.39, 0.29) is 18.1 Å². The van der Waals surface area contributed by atoms with Gasteiger partial charge in [0.25, 0.3) is 5.91 Å². The molecule has 1 aliphatic heterocycles. The summed E-state index contributed by atoms with van der Waals surface area (Å²) in [6.07, 6.45) is 1.57. The predicted molar refractivity (Wildman–Crippen MR) is 63.1 cm³/mol. The van der Waals surface area contributed by atoms with Gasteiger partial charge in [0.15, 0.2) is 0 Å². The molecule has 2 rings (SSSR count). The molecule has 0 aromatic carbocycles. The van der Waals surface area contributed by atoms with Crippen LogP contribution >= 0.6 is 22.9 Å². The highest BCUT2D eigenvalue weighted by Crippen LogP contribution is 2.17. The van der Waals surface area contributed by atoms with Crippen LogP contribution in [0.25, 0.3) is 0 Å². The summed E-state index contributed by atoms with van der Waals surface area (Å²) < 4.78 is 5.60. The van der Waals surface area contributed by atoms with Crippen LogP contribution in [0.3, 0.4) is 0 Å². The first-order valence-electron chi connectivity index (χ1n) is 5.10. The van der Waals surface area contributed by atoms with Gasteiger partial charge in [0.2, 0.25) is 0 Å². The Balaban J connectivity index is 2.06. The third kappa shape index (κ3) is 2.53. The van der Waals surface area contributed by atoms with E-state index in [0.29, 0.717) is 23.8 Å². The summed E-state index contributed by atoms with van der Waals surface area (Å²) in [7, 11) is 0. The van der Waals surface area contributed by atoms with Crippen LogP contribution in [0, 0.1) is 0 Å². The minimum absolute atomic E-state index is 0.0211. The van der Waals surface area contributed by atoms with Gasteiger partial charge < -0.3 is 9.64 Å². The maximum Gasteiger partial charge on any atom is 0.265 e. The van der Waals surface area contributed by atoms with Gasteiger partial charge in [0, 0.05) is 13.1 Å². The molecule has 0 saturated carbocycles. The number of rotatable bonds is 2. The number of hydrogen-bond donors (Lipinski definition) is 0. The molecule has 2 unspecified atom stereocenters. The Morgan fingerprint density at radius 2 is 2.56 bits per heavy atom. The molecule has 6 heteroatoms. The van der Waals surface area contributed by atoms with E-state index in [1.165, 1.54) is 11.3 Å². The number of carbonyl (C=O) groups is 1. The lowest BCUT2D eigenvalue weighted by molar-refractivity contribution is -0.0569. The van der Waals surface area contributed by atoms with Crippen LogP contribution < -0.4 is 0 Å². The highest BCUT2D eigenvalue weighted by atomic mass is 35.5. The van der Waals surface area contributed by atoms with Crippen molar-refractivity contribution >= 4 is 28.8 Å². The van der Waals surface area contributed by atoms with E-state index in [1.807, 2.05) is 6.92 Å². The van der Waals surface area contributed by atoms with E-state index in [4.69, 9.17) is 16.3 Å². The second-order valence-corrected chi connectivity index (χ2v) is 4.99. The maximum absolute atomic E-state index is 12.1. The summed E-state index contributed by atoms with van der Waals surface area (Å²) in [5.41, 5.74) is 1.66. The summed E-state index contributed by atoms with van der Waals surface area (Å²) in [6.45, 7) is 3.13. The van der Waals surface area contributed by atoms with Gasteiger partial charge in [0.1, 0.15) is 4.88 Å².